The van der Waals surface area contributed by atoms with E-state index in [2.05, 4.69) is 10.3 Å². The van der Waals surface area contributed by atoms with Crippen LogP contribution in [0, 0.1) is 5.92 Å². The Bertz CT molecular complexity index is 323. The van der Waals surface area contributed by atoms with Crippen LogP contribution >= 0.6 is 0 Å². The van der Waals surface area contributed by atoms with Crippen LogP contribution in [0.4, 0.5) is 0 Å². The summed E-state index contributed by atoms with van der Waals surface area (Å²) in [6.45, 7) is 7.59. The highest BCUT2D eigenvalue weighted by Gasteiger charge is 2.44. The maximum absolute atomic E-state index is 11.7. The first-order valence-corrected chi connectivity index (χ1v) is 5.48. The molecule has 0 aromatic heterocycles. The van der Waals surface area contributed by atoms with Crippen LogP contribution in [0.15, 0.2) is 10.3 Å². The van der Waals surface area contributed by atoms with Crippen LogP contribution in [0.3, 0.4) is 0 Å². The average molecular weight is 226 g/mol. The highest BCUT2D eigenvalue weighted by molar-refractivity contribution is 5.94. The molecule has 0 bridgehead atoms. The lowest BCUT2D eigenvalue weighted by Crippen LogP contribution is -2.36. The van der Waals surface area contributed by atoms with Crippen molar-refractivity contribution in [1.82, 2.24) is 0 Å². The molecule has 0 N–H and O–H groups in total. The summed E-state index contributed by atoms with van der Waals surface area (Å²) >= 11 is 0. The van der Waals surface area contributed by atoms with Crippen LogP contribution < -0.4 is 0 Å². The SMILES string of the molecule is CC/C=N/OC(=O)C1(C)CC(C(C)C)=NO1. The normalized spacial score (nSPS) is 24.7. The molecule has 90 valence electrons. The third-order valence-electron chi connectivity index (χ3n) is 2.37. The third-order valence-corrected chi connectivity index (χ3v) is 2.37. The molecule has 1 aliphatic heterocycles. The van der Waals surface area contributed by atoms with Crippen LogP contribution in [0.2, 0.25) is 0 Å². The van der Waals surface area contributed by atoms with Gasteiger partial charge in [0.2, 0.25) is 5.60 Å². The zero-order valence-corrected chi connectivity index (χ0v) is 10.2. The summed E-state index contributed by atoms with van der Waals surface area (Å²) in [5, 5.41) is 7.45. The molecule has 0 fully saturated rings. The predicted molar refractivity (Wildman–Crippen MR) is 61.3 cm³/mol. The van der Waals surface area contributed by atoms with Crippen LogP contribution in [-0.4, -0.2) is 23.5 Å². The van der Waals surface area contributed by atoms with Gasteiger partial charge in [-0.05, 0) is 19.3 Å². The summed E-state index contributed by atoms with van der Waals surface area (Å²) in [6, 6.07) is 0. The highest BCUT2D eigenvalue weighted by Crippen LogP contribution is 2.27. The van der Waals surface area contributed by atoms with E-state index in [0.29, 0.717) is 6.42 Å². The number of carbonyl (C=O) groups excluding carboxylic acids is 1. The molecule has 5 heteroatoms. The maximum Gasteiger partial charge on any atom is 0.381 e. The molecule has 0 spiro atoms. The van der Waals surface area contributed by atoms with Gasteiger partial charge in [0.05, 0.1) is 5.71 Å². The van der Waals surface area contributed by atoms with Gasteiger partial charge in [-0.3, -0.25) is 0 Å². The molecule has 0 saturated carbocycles. The molecule has 0 aromatic carbocycles. The van der Waals surface area contributed by atoms with Gasteiger partial charge in [0, 0.05) is 12.6 Å². The van der Waals surface area contributed by atoms with Crippen molar-refractivity contribution in [3.05, 3.63) is 0 Å². The van der Waals surface area contributed by atoms with E-state index in [4.69, 9.17) is 9.68 Å². The Morgan fingerprint density at radius 1 is 1.75 bits per heavy atom. The van der Waals surface area contributed by atoms with E-state index in [0.717, 1.165) is 12.1 Å². The molecule has 0 aromatic rings. The zero-order valence-electron chi connectivity index (χ0n) is 10.2. The minimum atomic E-state index is -1.02. The Labute approximate surface area is 95.5 Å². The van der Waals surface area contributed by atoms with Crippen molar-refractivity contribution in [2.45, 2.75) is 46.1 Å². The van der Waals surface area contributed by atoms with E-state index >= 15 is 0 Å². The van der Waals surface area contributed by atoms with Gasteiger partial charge in [-0.2, -0.15) is 0 Å². The molecule has 0 aliphatic carbocycles. The lowest BCUT2D eigenvalue weighted by Gasteiger charge is -2.16. The van der Waals surface area contributed by atoms with Crippen molar-refractivity contribution >= 4 is 17.9 Å². The predicted octanol–water partition coefficient (Wildman–Crippen LogP) is 2.12. The lowest BCUT2D eigenvalue weighted by atomic mass is 9.94. The smallest absolute Gasteiger partial charge is 0.377 e. The lowest BCUT2D eigenvalue weighted by molar-refractivity contribution is -0.167. The Hall–Kier alpha value is -1.39. The molecular weight excluding hydrogens is 208 g/mol. The van der Waals surface area contributed by atoms with E-state index in [1.54, 1.807) is 6.92 Å². The number of hydrogen-bond acceptors (Lipinski definition) is 5. The molecular formula is C11H18N2O3. The van der Waals surface area contributed by atoms with Crippen molar-refractivity contribution in [1.29, 1.82) is 0 Å². The van der Waals surface area contributed by atoms with Crippen LogP contribution in [-0.2, 0) is 14.5 Å². The van der Waals surface area contributed by atoms with Crippen molar-refractivity contribution in [2.75, 3.05) is 0 Å². The standard InChI is InChI=1S/C11H18N2O3/c1-5-6-12-15-10(14)11(4)7-9(8(2)3)13-16-11/h6,8H,5,7H2,1-4H3/b12-6+. The van der Waals surface area contributed by atoms with Gasteiger partial charge in [-0.25, -0.2) is 4.79 Å². The van der Waals surface area contributed by atoms with Crippen LogP contribution in [0.1, 0.15) is 40.5 Å². The van der Waals surface area contributed by atoms with Crippen molar-refractivity contribution in [3.8, 4) is 0 Å². The Morgan fingerprint density at radius 3 is 2.94 bits per heavy atom. The van der Waals surface area contributed by atoms with E-state index < -0.39 is 11.6 Å². The average Bonchev–Trinajstić information content (AvgIpc) is 2.63. The fourth-order valence-electron chi connectivity index (χ4n) is 1.24. The number of carbonyl (C=O) groups is 1. The summed E-state index contributed by atoms with van der Waals surface area (Å²) in [6.07, 6.45) is 2.71. The number of nitrogens with zero attached hydrogens (tertiary/aromatic N) is 2. The van der Waals surface area contributed by atoms with E-state index in [-0.39, 0.29) is 5.92 Å². The van der Waals surface area contributed by atoms with Crippen molar-refractivity contribution in [2.24, 2.45) is 16.2 Å². The topological polar surface area (TPSA) is 60.2 Å². The van der Waals surface area contributed by atoms with Gasteiger partial charge in [0.1, 0.15) is 0 Å². The Morgan fingerprint density at radius 2 is 2.44 bits per heavy atom. The van der Waals surface area contributed by atoms with Gasteiger partial charge in [-0.1, -0.05) is 31.1 Å². The Balaban J connectivity index is 2.55. The van der Waals surface area contributed by atoms with Gasteiger partial charge < -0.3 is 9.68 Å². The number of rotatable bonds is 4. The van der Waals surface area contributed by atoms with Crippen molar-refractivity contribution < 1.29 is 14.5 Å². The molecule has 1 atom stereocenters. The third kappa shape index (κ3) is 2.81. The fraction of sp³-hybridized carbons (Fsp3) is 0.727. The second-order valence-corrected chi connectivity index (χ2v) is 4.31. The molecule has 0 amide bonds. The summed E-state index contributed by atoms with van der Waals surface area (Å²) in [4.78, 5) is 21.6. The number of oxime groups is 2. The second-order valence-electron chi connectivity index (χ2n) is 4.31. The van der Waals surface area contributed by atoms with E-state index in [1.807, 2.05) is 20.8 Å². The summed E-state index contributed by atoms with van der Waals surface area (Å²) in [5.41, 5.74) is -0.149. The van der Waals surface area contributed by atoms with Crippen molar-refractivity contribution in [3.63, 3.8) is 0 Å². The molecule has 0 saturated heterocycles. The molecule has 1 unspecified atom stereocenters. The molecule has 5 nitrogen and oxygen atoms in total. The highest BCUT2D eigenvalue weighted by atomic mass is 16.7. The minimum absolute atomic E-state index is 0.272. The van der Waals surface area contributed by atoms with Gasteiger partial charge in [0.15, 0.2) is 0 Å². The molecule has 1 rings (SSSR count). The van der Waals surface area contributed by atoms with Gasteiger partial charge in [0.25, 0.3) is 0 Å². The summed E-state index contributed by atoms with van der Waals surface area (Å²) in [5.74, 6) is -0.231. The second kappa shape index (κ2) is 5.09. The molecule has 1 aliphatic rings. The first kappa shape index (κ1) is 12.7. The van der Waals surface area contributed by atoms with Crippen LogP contribution in [0.5, 0.6) is 0 Å². The first-order valence-electron chi connectivity index (χ1n) is 5.48. The number of hydrogen-bond donors (Lipinski definition) is 0. The monoisotopic (exact) mass is 226 g/mol. The van der Waals surface area contributed by atoms with E-state index in [1.165, 1.54) is 6.21 Å². The molecule has 16 heavy (non-hydrogen) atoms. The quantitative estimate of drug-likeness (QED) is 0.419. The van der Waals surface area contributed by atoms with Crippen LogP contribution in [0.25, 0.3) is 0 Å². The first-order chi connectivity index (χ1) is 7.49. The molecule has 0 radical (unpaired) electrons. The Kier molecular flexibility index (Phi) is 4.04. The summed E-state index contributed by atoms with van der Waals surface area (Å²) < 4.78 is 0. The van der Waals surface area contributed by atoms with Gasteiger partial charge in [-0.15, -0.1) is 0 Å². The molecule has 1 heterocycles. The zero-order chi connectivity index (χ0) is 12.2. The largest absolute Gasteiger partial charge is 0.381 e. The maximum atomic E-state index is 11.7. The summed E-state index contributed by atoms with van der Waals surface area (Å²) in [7, 11) is 0. The van der Waals surface area contributed by atoms with Gasteiger partial charge >= 0.3 is 5.97 Å². The van der Waals surface area contributed by atoms with E-state index in [9.17, 15) is 4.79 Å². The fourth-order valence-corrected chi connectivity index (χ4v) is 1.24. The minimum Gasteiger partial charge on any atom is -0.377 e.